The average Bonchev–Trinajstić information content (AvgIpc) is 2.95. The third-order valence-corrected chi connectivity index (χ3v) is 5.33. The summed E-state index contributed by atoms with van der Waals surface area (Å²) in [6.07, 6.45) is 0.0930. The largest absolute Gasteiger partial charge is 0.433 e. The summed E-state index contributed by atoms with van der Waals surface area (Å²) in [7, 11) is -3.67. The second-order valence-electron chi connectivity index (χ2n) is 7.89. The number of nitrogens with one attached hydrogen (secondary N) is 2. The van der Waals surface area contributed by atoms with Crippen molar-refractivity contribution in [2.24, 2.45) is 5.73 Å². The molecule has 0 aliphatic carbocycles. The van der Waals surface area contributed by atoms with Crippen molar-refractivity contribution in [1.29, 1.82) is 5.41 Å². The Labute approximate surface area is 212 Å². The molecule has 194 valence electrons. The van der Waals surface area contributed by atoms with E-state index in [9.17, 15) is 22.8 Å². The molecule has 0 aromatic heterocycles. The van der Waals surface area contributed by atoms with Crippen molar-refractivity contribution in [1.82, 2.24) is 4.90 Å². The second kappa shape index (κ2) is 11.9. The minimum atomic E-state index is -3.67. The molecule has 0 radical (unpaired) electrons. The molecule has 14 heteroatoms. The fraction of sp³-hybridized carbons (Fsp3) is 0.273. The minimum Gasteiger partial charge on any atom is -0.433 e. The van der Waals surface area contributed by atoms with Crippen LogP contribution < -0.4 is 15.8 Å². The molecular formula is C22H26N4O8S2. The summed E-state index contributed by atoms with van der Waals surface area (Å²) >= 11 is 1.47. The summed E-state index contributed by atoms with van der Waals surface area (Å²) in [5.41, 5.74) is 5.10. The molecule has 5 N–H and O–H groups in total. The Hall–Kier alpha value is -3.62. The first-order valence-corrected chi connectivity index (χ1v) is 13.1. The molecule has 0 bridgehead atoms. The number of amides is 2. The lowest BCUT2D eigenvalue weighted by atomic mass is 10.1. The number of hydrogen-bond donors (Lipinski definition) is 4. The van der Waals surface area contributed by atoms with Crippen molar-refractivity contribution in [3.63, 3.8) is 0 Å². The first-order valence-electron chi connectivity index (χ1n) is 10.3. The highest BCUT2D eigenvalue weighted by molar-refractivity contribution is 7.99. The molecule has 3 rings (SSSR count). The molecule has 1 aliphatic heterocycles. The van der Waals surface area contributed by atoms with Crippen LogP contribution in [-0.4, -0.2) is 66.0 Å². The van der Waals surface area contributed by atoms with E-state index in [2.05, 4.69) is 5.32 Å². The van der Waals surface area contributed by atoms with Crippen molar-refractivity contribution in [2.75, 3.05) is 23.9 Å². The van der Waals surface area contributed by atoms with Crippen LogP contribution in [0.5, 0.6) is 5.75 Å². The maximum atomic E-state index is 12.3. The lowest BCUT2D eigenvalue weighted by Gasteiger charge is -2.13. The highest BCUT2D eigenvalue weighted by Crippen LogP contribution is 2.26. The van der Waals surface area contributed by atoms with Gasteiger partial charge in [0.05, 0.1) is 11.8 Å². The maximum absolute atomic E-state index is 12.3. The SMILES string of the molecule is CC1(C)OC(=O)N(CCSc2ccc(OC(=O)c3ccc(NC(=N)N)cc3)cc2)C1=O.CS(=O)(=O)O. The molecule has 2 amide bonds. The topological polar surface area (TPSA) is 189 Å². The van der Waals surface area contributed by atoms with E-state index in [-0.39, 0.29) is 18.4 Å². The van der Waals surface area contributed by atoms with Gasteiger partial charge < -0.3 is 20.5 Å². The second-order valence-corrected chi connectivity index (χ2v) is 10.5. The van der Waals surface area contributed by atoms with Gasteiger partial charge in [0.2, 0.25) is 0 Å². The molecule has 0 saturated carbocycles. The third-order valence-electron chi connectivity index (χ3n) is 4.34. The van der Waals surface area contributed by atoms with Gasteiger partial charge in [-0.1, -0.05) is 0 Å². The normalized spacial score (nSPS) is 14.4. The number of esters is 1. The number of hydrogen-bond acceptors (Lipinski definition) is 9. The zero-order chi connectivity index (χ0) is 27.1. The molecule has 1 aliphatic rings. The van der Waals surface area contributed by atoms with Crippen molar-refractivity contribution in [3.05, 3.63) is 54.1 Å². The Morgan fingerprint density at radius 1 is 1.17 bits per heavy atom. The number of cyclic esters (lactones) is 1. The summed E-state index contributed by atoms with van der Waals surface area (Å²) in [4.78, 5) is 38.2. The molecule has 36 heavy (non-hydrogen) atoms. The number of guanidine groups is 1. The van der Waals surface area contributed by atoms with Gasteiger partial charge in [0.25, 0.3) is 16.0 Å². The number of imide groups is 1. The monoisotopic (exact) mass is 538 g/mol. The van der Waals surface area contributed by atoms with E-state index in [0.717, 1.165) is 9.80 Å². The summed E-state index contributed by atoms with van der Waals surface area (Å²) in [5, 5.41) is 9.82. The number of nitrogens with two attached hydrogens (primary N) is 1. The summed E-state index contributed by atoms with van der Waals surface area (Å²) in [6.45, 7) is 3.38. The van der Waals surface area contributed by atoms with E-state index in [1.807, 2.05) is 0 Å². The number of carbonyl (C=O) groups is 3. The molecule has 1 saturated heterocycles. The van der Waals surface area contributed by atoms with Crippen LogP contribution in [0.2, 0.25) is 0 Å². The molecule has 2 aromatic carbocycles. The molecule has 1 heterocycles. The fourth-order valence-corrected chi connectivity index (χ4v) is 3.63. The van der Waals surface area contributed by atoms with Crippen molar-refractivity contribution in [3.8, 4) is 5.75 Å². The molecule has 0 atom stereocenters. The summed E-state index contributed by atoms with van der Waals surface area (Å²) in [5.74, 6) is -0.144. The van der Waals surface area contributed by atoms with E-state index in [1.165, 1.54) is 11.8 Å². The van der Waals surface area contributed by atoms with Crippen LogP contribution in [0.15, 0.2) is 53.4 Å². The fourth-order valence-electron chi connectivity index (χ4n) is 2.79. The van der Waals surface area contributed by atoms with Gasteiger partial charge >= 0.3 is 12.1 Å². The van der Waals surface area contributed by atoms with Crippen molar-refractivity contribution < 1.29 is 36.8 Å². The van der Waals surface area contributed by atoms with Gasteiger partial charge in [0, 0.05) is 22.9 Å². The molecule has 1 fully saturated rings. The highest BCUT2D eigenvalue weighted by atomic mass is 32.2. The van der Waals surface area contributed by atoms with Gasteiger partial charge in [-0.05, 0) is 62.4 Å². The third kappa shape index (κ3) is 9.20. The van der Waals surface area contributed by atoms with Crippen molar-refractivity contribution >= 4 is 51.5 Å². The Kier molecular flexibility index (Phi) is 9.44. The first-order chi connectivity index (χ1) is 16.7. The number of rotatable bonds is 7. The standard InChI is InChI=1S/C21H22N4O5S.CH4O3S/c1-21(2)18(27)25(20(28)30-21)11-12-31-16-9-7-15(8-10-16)29-17(26)13-3-5-14(6-4-13)24-19(22)23;1-5(2,3)4/h3-10H,11-12H2,1-2H3,(H4,22,23,24);1H3,(H,2,3,4). The van der Waals surface area contributed by atoms with Gasteiger partial charge in [0.1, 0.15) is 5.75 Å². The number of carbonyl (C=O) groups excluding carboxylic acids is 3. The molecular weight excluding hydrogens is 512 g/mol. The Balaban J connectivity index is 0.000000830. The van der Waals surface area contributed by atoms with Gasteiger partial charge in [-0.3, -0.25) is 14.8 Å². The van der Waals surface area contributed by atoms with Gasteiger partial charge in [-0.25, -0.2) is 14.5 Å². The van der Waals surface area contributed by atoms with E-state index in [0.29, 0.717) is 29.0 Å². The Morgan fingerprint density at radius 2 is 1.72 bits per heavy atom. The average molecular weight is 539 g/mol. The number of ether oxygens (including phenoxy) is 2. The van der Waals surface area contributed by atoms with E-state index < -0.39 is 27.8 Å². The molecule has 0 spiro atoms. The minimum absolute atomic E-state index is 0.191. The molecule has 2 aromatic rings. The summed E-state index contributed by atoms with van der Waals surface area (Å²) in [6, 6.07) is 13.3. The van der Waals surface area contributed by atoms with E-state index in [4.69, 9.17) is 25.2 Å². The van der Waals surface area contributed by atoms with Gasteiger partial charge in [-0.2, -0.15) is 8.42 Å². The van der Waals surface area contributed by atoms with Crippen LogP contribution in [0, 0.1) is 5.41 Å². The van der Waals surface area contributed by atoms with Crippen LogP contribution in [-0.2, 0) is 19.6 Å². The molecule has 12 nitrogen and oxygen atoms in total. The van der Waals surface area contributed by atoms with Crippen LogP contribution in [0.4, 0.5) is 10.5 Å². The maximum Gasteiger partial charge on any atom is 0.417 e. The van der Waals surface area contributed by atoms with Crippen LogP contribution in [0.3, 0.4) is 0 Å². The number of anilines is 1. The number of benzene rings is 2. The zero-order valence-corrected chi connectivity index (χ0v) is 21.3. The quantitative estimate of drug-likeness (QED) is 0.101. The lowest BCUT2D eigenvalue weighted by molar-refractivity contribution is -0.134. The van der Waals surface area contributed by atoms with Gasteiger partial charge in [-0.15, -0.1) is 11.8 Å². The summed E-state index contributed by atoms with van der Waals surface area (Å²) < 4.78 is 36.3. The smallest absolute Gasteiger partial charge is 0.417 e. The van der Waals surface area contributed by atoms with Gasteiger partial charge in [0.15, 0.2) is 11.6 Å². The number of nitrogens with zero attached hydrogens (tertiary/aromatic N) is 1. The van der Waals surface area contributed by atoms with E-state index in [1.54, 1.807) is 62.4 Å². The predicted octanol–water partition coefficient (Wildman–Crippen LogP) is 2.56. The lowest BCUT2D eigenvalue weighted by Crippen LogP contribution is -2.37. The Bertz CT molecular complexity index is 1220. The predicted molar refractivity (Wildman–Crippen MR) is 134 cm³/mol. The van der Waals surface area contributed by atoms with Crippen LogP contribution in [0.25, 0.3) is 0 Å². The van der Waals surface area contributed by atoms with E-state index >= 15 is 0 Å². The first kappa shape index (κ1) is 28.6. The van der Waals surface area contributed by atoms with Crippen LogP contribution >= 0.6 is 11.8 Å². The number of thioether (sulfide) groups is 1. The zero-order valence-electron chi connectivity index (χ0n) is 19.7. The highest BCUT2D eigenvalue weighted by Gasteiger charge is 2.46. The van der Waals surface area contributed by atoms with Crippen LogP contribution in [0.1, 0.15) is 24.2 Å². The van der Waals surface area contributed by atoms with Crippen molar-refractivity contribution in [2.45, 2.75) is 24.3 Å². The Morgan fingerprint density at radius 3 is 2.19 bits per heavy atom. The molecule has 0 unspecified atom stereocenters.